The highest BCUT2D eigenvalue weighted by molar-refractivity contribution is 7.70. The Morgan fingerprint density at radius 2 is 1.79 bits per heavy atom. The molecule has 2 saturated heterocycles. The number of hydrogen-bond donors (Lipinski definition) is 2. The highest BCUT2D eigenvalue weighted by atomic mass is 35.5. The van der Waals surface area contributed by atoms with Gasteiger partial charge in [0.05, 0.1) is 31.4 Å². The van der Waals surface area contributed by atoms with Crippen molar-refractivity contribution in [2.24, 2.45) is 5.41 Å². The molecule has 3 heterocycles. The van der Waals surface area contributed by atoms with Crippen LogP contribution in [-0.2, 0) is 15.7 Å². The first-order valence-electron chi connectivity index (χ1n) is 14.9. The minimum Gasteiger partial charge on any atom is -0.494 e. The van der Waals surface area contributed by atoms with Crippen molar-refractivity contribution in [2.45, 2.75) is 40.0 Å². The Morgan fingerprint density at radius 1 is 1.07 bits per heavy atom. The van der Waals surface area contributed by atoms with Gasteiger partial charge in [-0.15, -0.1) is 0 Å². The van der Waals surface area contributed by atoms with E-state index in [2.05, 4.69) is 44.5 Å². The van der Waals surface area contributed by atoms with E-state index in [1.807, 2.05) is 26.0 Å². The zero-order valence-corrected chi connectivity index (χ0v) is 28.0. The molecule has 2 fully saturated rings. The summed E-state index contributed by atoms with van der Waals surface area (Å²) in [5, 5.41) is 7.86. The van der Waals surface area contributed by atoms with Gasteiger partial charge in [-0.05, 0) is 80.7 Å². The van der Waals surface area contributed by atoms with Crippen LogP contribution >= 0.6 is 18.7 Å². The normalized spacial score (nSPS) is 16.7. The number of aromatic nitrogens is 2. The Morgan fingerprint density at radius 3 is 2.42 bits per heavy atom. The molecule has 0 saturated carbocycles. The van der Waals surface area contributed by atoms with Crippen LogP contribution < -0.4 is 25.6 Å². The molecule has 1 aromatic heterocycles. The maximum Gasteiger partial charge on any atom is 0.229 e. The number of benzene rings is 2. The fraction of sp³-hybridized carbons (Fsp3) is 0.500. The third-order valence-corrected chi connectivity index (χ3v) is 10.8. The maximum atomic E-state index is 13.2. The molecule has 0 bridgehead atoms. The number of rotatable bonds is 10. The van der Waals surface area contributed by atoms with Crippen LogP contribution in [0, 0.1) is 19.3 Å². The molecule has 43 heavy (non-hydrogen) atoms. The summed E-state index contributed by atoms with van der Waals surface area (Å²) in [7, 11) is 0.869. The zero-order valence-electron chi connectivity index (χ0n) is 26.4. The number of ether oxygens (including phenoxy) is 2. The average Bonchev–Trinajstić information content (AvgIpc) is 2.95. The lowest BCUT2D eigenvalue weighted by atomic mass is 9.72. The van der Waals surface area contributed by atoms with E-state index < -0.39 is 7.14 Å². The second kappa shape index (κ2) is 12.6. The number of nitrogens with one attached hydrogen (secondary N) is 2. The molecule has 2 aliphatic heterocycles. The molecule has 11 heteroatoms. The van der Waals surface area contributed by atoms with Crippen molar-refractivity contribution in [1.82, 2.24) is 14.9 Å². The summed E-state index contributed by atoms with van der Waals surface area (Å²) >= 11 is 6.53. The number of likely N-dealkylation sites (tertiary alicyclic amines) is 1. The summed E-state index contributed by atoms with van der Waals surface area (Å²) < 4.78 is 24.4. The summed E-state index contributed by atoms with van der Waals surface area (Å²) in [6.45, 7) is 14.8. The van der Waals surface area contributed by atoms with Crippen molar-refractivity contribution in [3.05, 3.63) is 52.2 Å². The number of anilines is 5. The Labute approximate surface area is 260 Å². The molecule has 1 spiro atoms. The van der Waals surface area contributed by atoms with Crippen LogP contribution in [0.25, 0.3) is 0 Å². The Hall–Kier alpha value is -2.84. The van der Waals surface area contributed by atoms with E-state index in [9.17, 15) is 4.57 Å². The van der Waals surface area contributed by atoms with E-state index in [4.69, 9.17) is 26.1 Å². The Bertz CT molecular complexity index is 1530. The van der Waals surface area contributed by atoms with Gasteiger partial charge in [0.15, 0.2) is 5.82 Å². The van der Waals surface area contributed by atoms with Gasteiger partial charge in [-0.1, -0.05) is 24.6 Å². The summed E-state index contributed by atoms with van der Waals surface area (Å²) in [4.78, 5) is 14.0. The van der Waals surface area contributed by atoms with Crippen molar-refractivity contribution in [1.29, 1.82) is 0 Å². The summed E-state index contributed by atoms with van der Waals surface area (Å²) in [6.07, 6.45) is 4.81. The molecule has 3 aromatic rings. The van der Waals surface area contributed by atoms with Crippen molar-refractivity contribution in [2.75, 3.05) is 76.0 Å². The molecule has 0 aliphatic carbocycles. The van der Waals surface area contributed by atoms with Gasteiger partial charge in [0.2, 0.25) is 5.95 Å². The lowest BCUT2D eigenvalue weighted by molar-refractivity contribution is -0.0773. The summed E-state index contributed by atoms with van der Waals surface area (Å²) in [5.74, 6) is 1.54. The van der Waals surface area contributed by atoms with Gasteiger partial charge in [0.1, 0.15) is 17.9 Å². The molecule has 5 rings (SSSR count). The molecule has 2 aromatic carbocycles. The van der Waals surface area contributed by atoms with Gasteiger partial charge in [0.25, 0.3) is 0 Å². The molecule has 2 aliphatic rings. The topological polar surface area (TPSA) is 91.8 Å². The molecule has 0 amide bonds. The third-order valence-electron chi connectivity index (χ3n) is 8.86. The minimum absolute atomic E-state index is 0.369. The maximum absolute atomic E-state index is 13.2. The van der Waals surface area contributed by atoms with Crippen LogP contribution in [0.5, 0.6) is 5.75 Å². The van der Waals surface area contributed by atoms with Crippen LogP contribution in [0.3, 0.4) is 0 Å². The molecular weight excluding hydrogens is 583 g/mol. The van der Waals surface area contributed by atoms with Gasteiger partial charge < -0.3 is 29.6 Å². The highest BCUT2D eigenvalue weighted by Gasteiger charge is 2.44. The standard InChI is InChI=1S/C32H44ClN6O3P/c1-8-23-15-26(28(42-5)16-27(23)39-13-11-32(12-14-39)18-38(19-32)20-41-4)36-31-34-17-24(33)30(37-31)35-25-10-9-21(2)22(3)29(25)43(6,7)40/h9-10,15-17H,8,11-14,18-20H2,1-7H3,(H2,34,35,36,37). The number of hydrogen-bond acceptors (Lipinski definition) is 9. The van der Waals surface area contributed by atoms with E-state index >= 15 is 0 Å². The largest absolute Gasteiger partial charge is 0.494 e. The van der Waals surface area contributed by atoms with Gasteiger partial charge in [-0.2, -0.15) is 4.98 Å². The van der Waals surface area contributed by atoms with E-state index in [-0.39, 0.29) is 0 Å². The first-order valence-corrected chi connectivity index (χ1v) is 17.8. The fourth-order valence-corrected chi connectivity index (χ4v) is 8.36. The smallest absolute Gasteiger partial charge is 0.229 e. The van der Waals surface area contributed by atoms with E-state index in [0.717, 1.165) is 72.9 Å². The lowest BCUT2D eigenvalue weighted by Gasteiger charge is -2.54. The van der Waals surface area contributed by atoms with E-state index in [1.54, 1.807) is 33.7 Å². The quantitative estimate of drug-likeness (QED) is 0.243. The number of nitrogens with zero attached hydrogens (tertiary/aromatic N) is 4. The number of piperidine rings is 1. The Kier molecular flexibility index (Phi) is 9.29. The van der Waals surface area contributed by atoms with Crippen molar-refractivity contribution >= 4 is 52.9 Å². The zero-order chi connectivity index (χ0) is 30.9. The van der Waals surface area contributed by atoms with Crippen LogP contribution in [0.1, 0.15) is 36.5 Å². The van der Waals surface area contributed by atoms with Gasteiger partial charge in [-0.3, -0.25) is 4.90 Å². The molecule has 0 unspecified atom stereocenters. The Balaban J connectivity index is 1.37. The third kappa shape index (κ3) is 6.65. The van der Waals surface area contributed by atoms with Crippen molar-refractivity contribution < 1.29 is 14.0 Å². The first kappa shape index (κ1) is 31.6. The van der Waals surface area contributed by atoms with Gasteiger partial charge in [0, 0.05) is 50.3 Å². The lowest BCUT2D eigenvalue weighted by Crippen LogP contribution is -2.60. The predicted octanol–water partition coefficient (Wildman–Crippen LogP) is 6.56. The molecule has 232 valence electrons. The minimum atomic E-state index is -2.58. The number of halogens is 1. The van der Waals surface area contributed by atoms with E-state index in [0.29, 0.717) is 22.2 Å². The average molecular weight is 627 g/mol. The second-order valence-corrected chi connectivity index (χ2v) is 15.9. The van der Waals surface area contributed by atoms with Crippen LogP contribution in [-0.4, -0.2) is 75.3 Å². The molecule has 2 N–H and O–H groups in total. The van der Waals surface area contributed by atoms with E-state index in [1.165, 1.54) is 24.1 Å². The highest BCUT2D eigenvalue weighted by Crippen LogP contribution is 2.44. The van der Waals surface area contributed by atoms with Gasteiger partial charge >= 0.3 is 0 Å². The molecular formula is C32H44ClN6O3P. The summed E-state index contributed by atoms with van der Waals surface area (Å²) in [6, 6.07) is 8.21. The van der Waals surface area contributed by atoms with Crippen molar-refractivity contribution in [3.8, 4) is 5.75 Å². The molecule has 9 nitrogen and oxygen atoms in total. The number of aryl methyl sites for hydroxylation is 2. The predicted molar refractivity (Wildman–Crippen MR) is 178 cm³/mol. The fourth-order valence-electron chi connectivity index (χ4n) is 6.53. The number of methoxy groups -OCH3 is 2. The molecule has 0 atom stereocenters. The molecule has 0 radical (unpaired) electrons. The van der Waals surface area contributed by atoms with Crippen LogP contribution in [0.4, 0.5) is 28.8 Å². The first-order chi connectivity index (χ1) is 20.5. The van der Waals surface area contributed by atoms with Crippen molar-refractivity contribution in [3.63, 3.8) is 0 Å². The van der Waals surface area contributed by atoms with Crippen LogP contribution in [0.15, 0.2) is 30.5 Å². The summed E-state index contributed by atoms with van der Waals surface area (Å²) in [5.41, 5.74) is 6.49. The SMILES string of the molecule is CCc1cc(Nc2ncc(Cl)c(Nc3ccc(C)c(C)c3P(C)(C)=O)n2)c(OC)cc1N1CCC2(CC1)CN(COC)C2. The van der Waals surface area contributed by atoms with Crippen LogP contribution in [0.2, 0.25) is 5.02 Å². The van der Waals surface area contributed by atoms with Gasteiger partial charge in [-0.25, -0.2) is 4.98 Å². The monoisotopic (exact) mass is 626 g/mol. The second-order valence-electron chi connectivity index (χ2n) is 12.3.